The summed E-state index contributed by atoms with van der Waals surface area (Å²) in [5.74, 6) is 1.00. The van der Waals surface area contributed by atoms with Gasteiger partial charge >= 0.3 is 0 Å². The van der Waals surface area contributed by atoms with E-state index in [4.69, 9.17) is 47.4 Å². The Morgan fingerprint density at radius 3 is 1.26 bits per heavy atom. The van der Waals surface area contributed by atoms with Crippen LogP contribution in [0.4, 0.5) is 0 Å². The molecule has 2 rings (SSSR count). The molecule has 0 aliphatic carbocycles. The Hall–Kier alpha value is -0.330. The summed E-state index contributed by atoms with van der Waals surface area (Å²) >= 11 is 4.24. The van der Waals surface area contributed by atoms with Gasteiger partial charge in [0.05, 0.1) is 92.5 Å². The molecule has 0 radical (unpaired) electrons. The molecule has 53 heavy (non-hydrogen) atoms. The first-order valence-corrected chi connectivity index (χ1v) is 19.8. The number of thiol groups is 1. The summed E-state index contributed by atoms with van der Waals surface area (Å²) in [5.41, 5.74) is 0. The van der Waals surface area contributed by atoms with E-state index in [-0.39, 0.29) is 19.8 Å². The standard InChI is InChI=1S/C35H68O17S/c36-24-26-28(38)29(39)31(41)35(50-26)52-33-27(25-37)51-34(32(42)30(33)40)49-22-21-48-20-19-47-18-17-46-16-15-45-14-13-44-12-11-43-10-8-6-4-2-1-3-5-7-9-23-53/h26-42,53H,1-25H2. The fourth-order valence-electron chi connectivity index (χ4n) is 5.67. The molecule has 7 N–H and O–H groups in total. The molecule has 0 bridgehead atoms. The van der Waals surface area contributed by atoms with Crippen LogP contribution in [-0.2, 0) is 47.4 Å². The van der Waals surface area contributed by atoms with E-state index in [1.165, 1.54) is 51.4 Å². The van der Waals surface area contributed by atoms with Crippen LogP contribution >= 0.6 is 12.6 Å². The summed E-state index contributed by atoms with van der Waals surface area (Å²) in [4.78, 5) is 0. The minimum atomic E-state index is -1.74. The van der Waals surface area contributed by atoms with Gasteiger partial charge in [-0.05, 0) is 18.6 Å². The third-order valence-electron chi connectivity index (χ3n) is 8.78. The third kappa shape index (κ3) is 20.6. The minimum Gasteiger partial charge on any atom is -0.394 e. The van der Waals surface area contributed by atoms with E-state index in [9.17, 15) is 35.7 Å². The highest BCUT2D eigenvalue weighted by molar-refractivity contribution is 7.80. The molecular weight excluding hydrogens is 724 g/mol. The quantitative estimate of drug-likeness (QED) is 0.0293. The van der Waals surface area contributed by atoms with Gasteiger partial charge in [0.1, 0.15) is 48.8 Å². The third-order valence-corrected chi connectivity index (χ3v) is 9.09. The average Bonchev–Trinajstić information content (AvgIpc) is 3.16. The molecule has 0 spiro atoms. The van der Waals surface area contributed by atoms with Crippen LogP contribution in [0.3, 0.4) is 0 Å². The van der Waals surface area contributed by atoms with Gasteiger partial charge in [-0.15, -0.1) is 0 Å². The SMILES string of the molecule is OCC1OC(OC2C(CO)OC(OCCOCCOCCOCCOCCOCCOCCCCCCCCCCCS)C(O)C2O)C(O)C(O)C1O. The second-order valence-corrected chi connectivity index (χ2v) is 13.4. The van der Waals surface area contributed by atoms with Gasteiger partial charge in [0.15, 0.2) is 12.6 Å². The van der Waals surface area contributed by atoms with Crippen LogP contribution < -0.4 is 0 Å². The summed E-state index contributed by atoms with van der Waals surface area (Å²) in [6, 6.07) is 0. The molecule has 0 saturated carbocycles. The van der Waals surface area contributed by atoms with E-state index in [0.717, 1.165) is 18.8 Å². The molecule has 2 saturated heterocycles. The van der Waals surface area contributed by atoms with Gasteiger partial charge in [-0.1, -0.05) is 44.9 Å². The van der Waals surface area contributed by atoms with Crippen molar-refractivity contribution in [1.29, 1.82) is 0 Å². The number of aliphatic hydroxyl groups is 7. The Morgan fingerprint density at radius 1 is 0.396 bits per heavy atom. The van der Waals surface area contributed by atoms with Crippen LogP contribution in [0.1, 0.15) is 57.8 Å². The van der Waals surface area contributed by atoms with Crippen molar-refractivity contribution in [3.63, 3.8) is 0 Å². The monoisotopic (exact) mass is 792 g/mol. The van der Waals surface area contributed by atoms with Gasteiger partial charge in [-0.3, -0.25) is 0 Å². The van der Waals surface area contributed by atoms with E-state index in [1.807, 2.05) is 0 Å². The molecule has 0 aromatic rings. The highest BCUT2D eigenvalue weighted by Gasteiger charge is 2.50. The van der Waals surface area contributed by atoms with Gasteiger partial charge in [0, 0.05) is 6.61 Å². The molecule has 0 aromatic heterocycles. The van der Waals surface area contributed by atoms with Gasteiger partial charge in [-0.25, -0.2) is 0 Å². The van der Waals surface area contributed by atoms with Crippen LogP contribution in [-0.4, -0.2) is 202 Å². The summed E-state index contributed by atoms with van der Waals surface area (Å²) in [7, 11) is 0. The maximum atomic E-state index is 10.7. The van der Waals surface area contributed by atoms with Gasteiger partial charge in [-0.2, -0.15) is 12.6 Å². The lowest BCUT2D eigenvalue weighted by molar-refractivity contribution is -0.359. The van der Waals surface area contributed by atoms with E-state index >= 15 is 0 Å². The molecule has 10 unspecified atom stereocenters. The number of hydrogen-bond donors (Lipinski definition) is 8. The van der Waals surface area contributed by atoms with E-state index in [1.54, 1.807) is 0 Å². The molecule has 10 atom stereocenters. The van der Waals surface area contributed by atoms with Crippen molar-refractivity contribution >= 4 is 12.6 Å². The van der Waals surface area contributed by atoms with Crippen molar-refractivity contribution in [3.8, 4) is 0 Å². The normalized spacial score (nSPS) is 29.2. The van der Waals surface area contributed by atoms with Crippen molar-refractivity contribution in [2.75, 3.05) is 105 Å². The van der Waals surface area contributed by atoms with Gasteiger partial charge < -0.3 is 83.1 Å². The first-order valence-electron chi connectivity index (χ1n) is 19.1. The average molecular weight is 793 g/mol. The molecule has 0 aromatic carbocycles. The predicted molar refractivity (Wildman–Crippen MR) is 193 cm³/mol. The number of ether oxygens (including phenoxy) is 10. The lowest BCUT2D eigenvalue weighted by Gasteiger charge is -2.45. The summed E-state index contributed by atoms with van der Waals surface area (Å²) < 4.78 is 54.9. The Morgan fingerprint density at radius 2 is 0.792 bits per heavy atom. The van der Waals surface area contributed by atoms with Crippen LogP contribution in [0.5, 0.6) is 0 Å². The van der Waals surface area contributed by atoms with Gasteiger partial charge in [0.2, 0.25) is 0 Å². The molecule has 2 aliphatic rings. The van der Waals surface area contributed by atoms with E-state index in [0.29, 0.717) is 59.5 Å². The molecule has 2 aliphatic heterocycles. The summed E-state index contributed by atoms with van der Waals surface area (Å²) in [6.45, 7) is 4.02. The first-order chi connectivity index (χ1) is 25.8. The number of rotatable bonds is 34. The lowest BCUT2D eigenvalue weighted by atomic mass is 9.97. The Kier molecular flexibility index (Phi) is 29.2. The van der Waals surface area contributed by atoms with Crippen molar-refractivity contribution in [2.24, 2.45) is 0 Å². The maximum Gasteiger partial charge on any atom is 0.187 e. The van der Waals surface area contributed by atoms with E-state index < -0.39 is 74.6 Å². The smallest absolute Gasteiger partial charge is 0.187 e. The highest BCUT2D eigenvalue weighted by Crippen LogP contribution is 2.29. The molecule has 316 valence electrons. The van der Waals surface area contributed by atoms with Crippen molar-refractivity contribution < 1.29 is 83.1 Å². The molecular formula is C35H68O17S. The Bertz CT molecular complexity index is 833. The zero-order valence-corrected chi connectivity index (χ0v) is 32.0. The van der Waals surface area contributed by atoms with Crippen molar-refractivity contribution in [3.05, 3.63) is 0 Å². The van der Waals surface area contributed by atoms with Crippen LogP contribution in [0.25, 0.3) is 0 Å². The molecule has 17 nitrogen and oxygen atoms in total. The lowest BCUT2D eigenvalue weighted by Crippen LogP contribution is -2.64. The van der Waals surface area contributed by atoms with Crippen molar-refractivity contribution in [1.82, 2.24) is 0 Å². The maximum absolute atomic E-state index is 10.7. The number of aliphatic hydroxyl groups excluding tert-OH is 7. The predicted octanol–water partition coefficient (Wildman–Crippen LogP) is -0.833. The molecule has 2 heterocycles. The Labute approximate surface area is 319 Å². The second kappa shape index (κ2) is 31.7. The highest BCUT2D eigenvalue weighted by atomic mass is 32.1. The topological polar surface area (TPSA) is 234 Å². The fourth-order valence-corrected chi connectivity index (χ4v) is 5.89. The fraction of sp³-hybridized carbons (Fsp3) is 1.00. The second-order valence-electron chi connectivity index (χ2n) is 13.0. The van der Waals surface area contributed by atoms with Gasteiger partial charge in [0.25, 0.3) is 0 Å². The Balaban J connectivity index is 1.35. The number of hydrogen-bond acceptors (Lipinski definition) is 18. The first kappa shape index (κ1) is 48.8. The number of unbranched alkanes of at least 4 members (excludes halogenated alkanes) is 8. The minimum absolute atomic E-state index is 0.00910. The summed E-state index contributed by atoms with van der Waals surface area (Å²) in [5, 5.41) is 70.5. The largest absolute Gasteiger partial charge is 0.394 e. The molecule has 2 fully saturated rings. The van der Waals surface area contributed by atoms with Crippen molar-refractivity contribution in [2.45, 2.75) is 119 Å². The molecule has 18 heteroatoms. The zero-order chi connectivity index (χ0) is 38.5. The van der Waals surface area contributed by atoms with E-state index in [2.05, 4.69) is 12.6 Å². The van der Waals surface area contributed by atoms with Crippen LogP contribution in [0.15, 0.2) is 0 Å². The van der Waals surface area contributed by atoms with Crippen LogP contribution in [0.2, 0.25) is 0 Å². The van der Waals surface area contributed by atoms with Crippen LogP contribution in [0, 0.1) is 0 Å². The molecule has 0 amide bonds. The summed E-state index contributed by atoms with van der Waals surface area (Å²) in [6.07, 6.45) is -3.61. The zero-order valence-electron chi connectivity index (χ0n) is 31.1.